The number of carbonyl (C=O) groups excluding carboxylic acids is 1. The van der Waals surface area contributed by atoms with E-state index in [1.54, 1.807) is 12.1 Å². The third-order valence-electron chi connectivity index (χ3n) is 20.6. The molecular formula is C51H73NO12. The second-order valence-corrected chi connectivity index (χ2v) is 23.0. The molecule has 2 spiro atoms. The minimum atomic E-state index is -1.82. The molecule has 0 aromatic heterocycles. The van der Waals surface area contributed by atoms with Gasteiger partial charge in [-0.3, -0.25) is 4.79 Å². The molecule has 1 aliphatic heterocycles. The standard InChI is InChI=1S/C51H73NO12/c1-6-52-24-28-21-44(3)12-10-33(28)51(43(59)27(44)2)49(61,14-15-53)42-37(64-51)22-50(62)34-20-36(58)40-39-32-18-30(56)19-35(57)31(32)9-13-48(39,60)38(63-17-16-54)23-45(40,4)41(34)47(26-46(42,50)5)11-7-8-29(47)25-55/h18-21,27,29,33,37-43,52-57,59-62H,6-17,22-26H2,1-5H3/t27-,29+,33+,37+,38+,39+,40-,41+,42+,43+,44-,45+,46-,47+,48+,49-,50-,51+/m1/s1. The maximum absolute atomic E-state index is 15.5. The second-order valence-electron chi connectivity index (χ2n) is 23.0. The van der Waals surface area contributed by atoms with Crippen molar-refractivity contribution in [3.63, 3.8) is 0 Å². The molecule has 1 saturated heterocycles. The molecule has 10 N–H and O–H groups in total. The largest absolute Gasteiger partial charge is 0.508 e. The van der Waals surface area contributed by atoms with Crippen LogP contribution in [0.4, 0.5) is 0 Å². The predicted molar refractivity (Wildman–Crippen MR) is 235 cm³/mol. The van der Waals surface area contributed by atoms with E-state index in [2.05, 4.69) is 25.2 Å². The first kappa shape index (κ1) is 45.4. The molecule has 1 aromatic carbocycles. The van der Waals surface area contributed by atoms with Gasteiger partial charge < -0.3 is 60.7 Å². The molecule has 13 heteroatoms. The van der Waals surface area contributed by atoms with Crippen molar-refractivity contribution in [2.45, 2.75) is 152 Å². The highest BCUT2D eigenvalue weighted by Crippen LogP contribution is 2.81. The van der Waals surface area contributed by atoms with Crippen molar-refractivity contribution in [3.8, 4) is 11.5 Å². The summed E-state index contributed by atoms with van der Waals surface area (Å²) in [6.45, 7) is 10.8. The number of fused-ring (bicyclic) bond motifs is 14. The van der Waals surface area contributed by atoms with Crippen LogP contribution in [0.15, 0.2) is 35.4 Å². The number of phenolic OH excluding ortho intramolecular Hbond substituents is 2. The highest BCUT2D eigenvalue weighted by Gasteiger charge is 2.85. The maximum Gasteiger partial charge on any atom is 0.160 e. The number of aromatic hydroxyl groups is 2. The van der Waals surface area contributed by atoms with Gasteiger partial charge in [-0.15, -0.1) is 0 Å². The first-order valence-electron chi connectivity index (χ1n) is 24.5. The summed E-state index contributed by atoms with van der Waals surface area (Å²) in [5.74, 6) is -4.63. The zero-order chi connectivity index (χ0) is 45.8. The van der Waals surface area contributed by atoms with E-state index in [0.29, 0.717) is 48.9 Å². The number of nitrogens with one attached hydrogen (secondary N) is 1. The molecule has 64 heavy (non-hydrogen) atoms. The molecule has 6 fully saturated rings. The Kier molecular flexibility index (Phi) is 10.5. The first-order valence-corrected chi connectivity index (χ1v) is 24.5. The van der Waals surface area contributed by atoms with E-state index < -0.39 is 80.6 Å². The van der Waals surface area contributed by atoms with Crippen LogP contribution >= 0.6 is 0 Å². The summed E-state index contributed by atoms with van der Waals surface area (Å²) in [6, 6.07) is 2.82. The monoisotopic (exact) mass is 892 g/mol. The molecule has 354 valence electrons. The second kappa shape index (κ2) is 14.8. The van der Waals surface area contributed by atoms with Crippen LogP contribution < -0.4 is 5.32 Å². The van der Waals surface area contributed by atoms with Crippen LogP contribution in [0.2, 0.25) is 0 Å². The van der Waals surface area contributed by atoms with Gasteiger partial charge in [-0.25, -0.2) is 0 Å². The fourth-order valence-electron chi connectivity index (χ4n) is 18.2. The molecule has 18 atom stereocenters. The number of carbonyl (C=O) groups is 1. The molecule has 9 aliphatic carbocycles. The van der Waals surface area contributed by atoms with Gasteiger partial charge in [0.05, 0.1) is 42.7 Å². The highest BCUT2D eigenvalue weighted by molar-refractivity contribution is 5.96. The molecule has 11 rings (SSSR count). The number of benzene rings is 1. The van der Waals surface area contributed by atoms with Crippen molar-refractivity contribution >= 4 is 5.78 Å². The van der Waals surface area contributed by atoms with Gasteiger partial charge in [0.15, 0.2) is 5.78 Å². The Hall–Kier alpha value is -2.43. The third kappa shape index (κ3) is 5.40. The van der Waals surface area contributed by atoms with E-state index in [9.17, 15) is 46.0 Å². The number of likely N-dealkylation sites (N-methyl/N-ethyl adjacent to an activating group) is 1. The van der Waals surface area contributed by atoms with Gasteiger partial charge in [0.25, 0.3) is 0 Å². The fourth-order valence-corrected chi connectivity index (χ4v) is 18.2. The molecule has 0 radical (unpaired) electrons. The zero-order valence-corrected chi connectivity index (χ0v) is 38.4. The number of ether oxygens (including phenoxy) is 2. The quantitative estimate of drug-likeness (QED) is 0.160. The van der Waals surface area contributed by atoms with Gasteiger partial charge in [0.2, 0.25) is 0 Å². The van der Waals surface area contributed by atoms with Crippen LogP contribution in [0.1, 0.15) is 116 Å². The first-order chi connectivity index (χ1) is 30.2. The topological polar surface area (TPSA) is 230 Å². The number of aliphatic hydroxyl groups is 7. The average molecular weight is 892 g/mol. The fraction of sp³-hybridized carbons (Fsp3) is 0.784. The van der Waals surface area contributed by atoms with Crippen molar-refractivity contribution in [2.24, 2.45) is 57.2 Å². The van der Waals surface area contributed by atoms with Gasteiger partial charge in [-0.05, 0) is 121 Å². The maximum atomic E-state index is 15.5. The summed E-state index contributed by atoms with van der Waals surface area (Å²) >= 11 is 0. The predicted octanol–water partition coefficient (Wildman–Crippen LogP) is 3.54. The SMILES string of the molecule is CCNCC1=C[C@@]2(C)CC[C@@H]1[C@]1(O[C@H]3C[C@@]4(O)C5=CC(=O)[C@@H]6[C@@H]7c8cc(O)cc(O)c8CC[C@]7(O)[C@@H](OCCO)C[C@]6(C)[C@H]5[C@@]5(CCC[C@H]5CO)C[C@]4(C)[C@H]3[C@]1(O)CCO)[C@@H](O)[C@H]2C. The van der Waals surface area contributed by atoms with Crippen LogP contribution in [0.3, 0.4) is 0 Å². The lowest BCUT2D eigenvalue weighted by Gasteiger charge is -2.70. The van der Waals surface area contributed by atoms with Gasteiger partial charge in [-0.2, -0.15) is 0 Å². The number of phenols is 2. The minimum Gasteiger partial charge on any atom is -0.508 e. The van der Waals surface area contributed by atoms with Crippen molar-refractivity contribution in [1.29, 1.82) is 0 Å². The number of allylic oxidation sites excluding steroid dienone is 2. The summed E-state index contributed by atoms with van der Waals surface area (Å²) < 4.78 is 13.9. The van der Waals surface area contributed by atoms with E-state index in [1.165, 1.54) is 6.07 Å². The molecule has 5 saturated carbocycles. The van der Waals surface area contributed by atoms with Crippen LogP contribution in [-0.4, -0.2) is 132 Å². The van der Waals surface area contributed by atoms with Crippen LogP contribution in [-0.2, 0) is 20.7 Å². The van der Waals surface area contributed by atoms with Crippen molar-refractivity contribution in [1.82, 2.24) is 5.32 Å². The normalized spacial score (nSPS) is 50.9. The molecule has 10 aliphatic rings. The van der Waals surface area contributed by atoms with E-state index in [-0.39, 0.29) is 99.0 Å². The lowest BCUT2D eigenvalue weighted by atomic mass is 9.35. The van der Waals surface area contributed by atoms with Crippen molar-refractivity contribution in [2.75, 3.05) is 39.5 Å². The van der Waals surface area contributed by atoms with E-state index in [0.717, 1.165) is 25.0 Å². The summed E-state index contributed by atoms with van der Waals surface area (Å²) in [5, 5.41) is 112. The Labute approximate surface area is 377 Å². The summed E-state index contributed by atoms with van der Waals surface area (Å²) in [4.78, 5) is 15.5. The summed E-state index contributed by atoms with van der Waals surface area (Å²) in [5.41, 5.74) is -7.27. The number of ketones is 1. The average Bonchev–Trinajstić information content (AvgIpc) is 3.80. The molecule has 13 nitrogen and oxygen atoms in total. The Morgan fingerprint density at radius 2 is 1.73 bits per heavy atom. The van der Waals surface area contributed by atoms with Crippen LogP contribution in [0.25, 0.3) is 0 Å². The van der Waals surface area contributed by atoms with Crippen molar-refractivity contribution in [3.05, 3.63) is 46.6 Å². The number of rotatable bonds is 9. The zero-order valence-electron chi connectivity index (χ0n) is 38.4. The van der Waals surface area contributed by atoms with Gasteiger partial charge >= 0.3 is 0 Å². The molecular weight excluding hydrogens is 819 g/mol. The van der Waals surface area contributed by atoms with E-state index >= 15 is 4.79 Å². The Morgan fingerprint density at radius 3 is 2.44 bits per heavy atom. The molecule has 0 amide bonds. The van der Waals surface area contributed by atoms with Gasteiger partial charge in [0, 0.05) is 67.8 Å². The lowest BCUT2D eigenvalue weighted by Crippen LogP contribution is -2.73. The number of aliphatic hydroxyl groups excluding tert-OH is 4. The number of hydrogen-bond acceptors (Lipinski definition) is 13. The number of hydrogen-bond donors (Lipinski definition) is 10. The highest BCUT2D eigenvalue weighted by atomic mass is 16.6. The minimum absolute atomic E-state index is 0.0413. The summed E-state index contributed by atoms with van der Waals surface area (Å²) in [7, 11) is 0. The van der Waals surface area contributed by atoms with E-state index in [1.807, 2.05) is 20.8 Å². The molecule has 2 bridgehead atoms. The van der Waals surface area contributed by atoms with Crippen LogP contribution in [0, 0.1) is 57.2 Å². The molecule has 1 aromatic rings. The molecule has 0 unspecified atom stereocenters. The molecule has 1 heterocycles. The van der Waals surface area contributed by atoms with Gasteiger partial charge in [-0.1, -0.05) is 52.7 Å². The van der Waals surface area contributed by atoms with Gasteiger partial charge in [0.1, 0.15) is 22.7 Å². The van der Waals surface area contributed by atoms with Crippen molar-refractivity contribution < 1.29 is 60.2 Å². The van der Waals surface area contributed by atoms with Crippen LogP contribution in [0.5, 0.6) is 11.5 Å². The Balaban J connectivity index is 1.17. The Morgan fingerprint density at radius 1 is 0.969 bits per heavy atom. The summed E-state index contributed by atoms with van der Waals surface area (Å²) in [6.07, 6.45) is 5.75. The smallest absolute Gasteiger partial charge is 0.160 e. The third-order valence-corrected chi connectivity index (χ3v) is 20.6. The Bertz CT molecular complexity index is 2150. The lowest BCUT2D eigenvalue weighted by molar-refractivity contribution is -0.258. The van der Waals surface area contributed by atoms with E-state index in [4.69, 9.17) is 9.47 Å².